The van der Waals surface area contributed by atoms with E-state index in [1.807, 2.05) is 0 Å². The van der Waals surface area contributed by atoms with E-state index in [-0.39, 0.29) is 5.78 Å². The van der Waals surface area contributed by atoms with Crippen LogP contribution in [0.25, 0.3) is 0 Å². The molecule has 0 amide bonds. The molecule has 0 aromatic heterocycles. The van der Waals surface area contributed by atoms with Crippen LogP contribution in [0.15, 0.2) is 0 Å². The molecule has 13 heavy (non-hydrogen) atoms. The number of hydrogen-bond acceptors (Lipinski definition) is 1. The maximum atomic E-state index is 12.1. The molecule has 0 aliphatic carbocycles. The predicted molar refractivity (Wildman–Crippen MR) is 44.4 cm³/mol. The van der Waals surface area contributed by atoms with E-state index in [1.165, 1.54) is 13.8 Å². The van der Waals surface area contributed by atoms with Crippen molar-refractivity contribution >= 4 is 5.78 Å². The van der Waals surface area contributed by atoms with Crippen LogP contribution in [0.5, 0.6) is 0 Å². The van der Waals surface area contributed by atoms with Crippen LogP contribution in [-0.2, 0) is 4.79 Å². The Bertz CT molecular complexity index is 186. The van der Waals surface area contributed by atoms with Crippen LogP contribution in [0.4, 0.5) is 13.2 Å². The minimum absolute atomic E-state index is 0.293. The minimum Gasteiger partial charge on any atom is -0.299 e. The molecule has 0 saturated heterocycles. The second-order valence-electron chi connectivity index (χ2n) is 3.66. The van der Waals surface area contributed by atoms with Crippen molar-refractivity contribution in [1.29, 1.82) is 0 Å². The molecule has 0 N–H and O–H groups in total. The summed E-state index contributed by atoms with van der Waals surface area (Å²) in [5.74, 6) is -0.383. The van der Waals surface area contributed by atoms with Gasteiger partial charge in [0.25, 0.3) is 0 Å². The summed E-state index contributed by atoms with van der Waals surface area (Å²) in [4.78, 5) is 11.0. The summed E-state index contributed by atoms with van der Waals surface area (Å²) in [6, 6.07) is 0. The molecule has 0 spiro atoms. The van der Waals surface area contributed by atoms with Gasteiger partial charge in [0.05, 0.1) is 6.42 Å². The molecule has 0 radical (unpaired) electrons. The van der Waals surface area contributed by atoms with Gasteiger partial charge in [-0.3, -0.25) is 4.79 Å². The molecule has 0 aliphatic heterocycles. The average molecular weight is 196 g/mol. The molecule has 0 fully saturated rings. The Kier molecular flexibility index (Phi) is 3.94. The van der Waals surface area contributed by atoms with Crippen molar-refractivity contribution in [3.05, 3.63) is 0 Å². The molecule has 78 valence electrons. The standard InChI is InChI=1S/C9H15F3O/c1-4-5-8(3,7(2)13)6-9(10,11)12/h4-6H2,1-3H3. The van der Waals surface area contributed by atoms with E-state index in [0.717, 1.165) is 0 Å². The number of ketones is 1. The van der Waals surface area contributed by atoms with Crippen molar-refractivity contribution < 1.29 is 18.0 Å². The first kappa shape index (κ1) is 12.5. The number of carbonyl (C=O) groups excluding carboxylic acids is 1. The Balaban J connectivity index is 4.51. The number of alkyl halides is 3. The second kappa shape index (κ2) is 4.11. The Morgan fingerprint density at radius 1 is 1.31 bits per heavy atom. The van der Waals surface area contributed by atoms with Gasteiger partial charge in [-0.05, 0) is 13.3 Å². The van der Waals surface area contributed by atoms with Crippen molar-refractivity contribution in [2.75, 3.05) is 0 Å². The average Bonchev–Trinajstić information content (AvgIpc) is 1.82. The Hall–Kier alpha value is -0.540. The van der Waals surface area contributed by atoms with E-state index in [1.54, 1.807) is 6.92 Å². The summed E-state index contributed by atoms with van der Waals surface area (Å²) in [5, 5.41) is 0. The zero-order valence-corrected chi connectivity index (χ0v) is 8.16. The lowest BCUT2D eigenvalue weighted by atomic mass is 9.79. The molecule has 4 heteroatoms. The number of rotatable bonds is 4. The fraction of sp³-hybridized carbons (Fsp3) is 0.889. The topological polar surface area (TPSA) is 17.1 Å². The first-order valence-corrected chi connectivity index (χ1v) is 4.29. The van der Waals surface area contributed by atoms with Crippen LogP contribution < -0.4 is 0 Å². The Labute approximate surface area is 76.3 Å². The highest BCUT2D eigenvalue weighted by Gasteiger charge is 2.41. The quantitative estimate of drug-likeness (QED) is 0.674. The molecular weight excluding hydrogens is 181 g/mol. The van der Waals surface area contributed by atoms with Gasteiger partial charge in [-0.2, -0.15) is 13.2 Å². The van der Waals surface area contributed by atoms with Gasteiger partial charge in [-0.15, -0.1) is 0 Å². The third kappa shape index (κ3) is 4.29. The van der Waals surface area contributed by atoms with Crippen LogP contribution in [-0.4, -0.2) is 12.0 Å². The summed E-state index contributed by atoms with van der Waals surface area (Å²) >= 11 is 0. The lowest BCUT2D eigenvalue weighted by molar-refractivity contribution is -0.165. The molecule has 0 bridgehead atoms. The van der Waals surface area contributed by atoms with Crippen molar-refractivity contribution in [3.63, 3.8) is 0 Å². The van der Waals surface area contributed by atoms with Crippen LogP contribution in [0, 0.1) is 5.41 Å². The molecule has 0 rings (SSSR count). The molecule has 0 heterocycles. The molecule has 0 aromatic carbocycles. The molecule has 1 unspecified atom stereocenters. The molecule has 1 nitrogen and oxygen atoms in total. The molecule has 0 aromatic rings. The Morgan fingerprint density at radius 2 is 1.77 bits per heavy atom. The van der Waals surface area contributed by atoms with E-state index in [9.17, 15) is 18.0 Å². The predicted octanol–water partition coefficient (Wildman–Crippen LogP) is 3.33. The summed E-state index contributed by atoms with van der Waals surface area (Å²) in [6.45, 7) is 4.38. The SMILES string of the molecule is CCCC(C)(CC(F)(F)F)C(C)=O. The van der Waals surface area contributed by atoms with E-state index < -0.39 is 18.0 Å². The minimum atomic E-state index is -4.25. The summed E-state index contributed by atoms with van der Waals surface area (Å²) in [6.07, 6.45) is -4.38. The molecule has 0 aliphatic rings. The highest BCUT2D eigenvalue weighted by Crippen LogP contribution is 2.37. The van der Waals surface area contributed by atoms with E-state index >= 15 is 0 Å². The maximum Gasteiger partial charge on any atom is 0.390 e. The first-order chi connectivity index (χ1) is 5.71. The lowest BCUT2D eigenvalue weighted by Crippen LogP contribution is -2.31. The zero-order chi connectivity index (χ0) is 10.7. The molecular formula is C9H15F3O. The van der Waals surface area contributed by atoms with Gasteiger partial charge in [-0.25, -0.2) is 0 Å². The summed E-state index contributed by atoms with van der Waals surface area (Å²) in [5.41, 5.74) is -1.23. The highest BCUT2D eigenvalue weighted by atomic mass is 19.4. The lowest BCUT2D eigenvalue weighted by Gasteiger charge is -2.27. The van der Waals surface area contributed by atoms with Crippen molar-refractivity contribution in [1.82, 2.24) is 0 Å². The Morgan fingerprint density at radius 3 is 2.00 bits per heavy atom. The second-order valence-corrected chi connectivity index (χ2v) is 3.66. The van der Waals surface area contributed by atoms with Crippen LogP contribution >= 0.6 is 0 Å². The van der Waals surface area contributed by atoms with E-state index in [2.05, 4.69) is 0 Å². The van der Waals surface area contributed by atoms with Gasteiger partial charge in [0, 0.05) is 5.41 Å². The maximum absolute atomic E-state index is 12.1. The third-order valence-electron chi connectivity index (χ3n) is 2.24. The van der Waals surface area contributed by atoms with Gasteiger partial charge in [0.2, 0.25) is 0 Å². The van der Waals surface area contributed by atoms with Gasteiger partial charge in [0.15, 0.2) is 0 Å². The van der Waals surface area contributed by atoms with Gasteiger partial charge < -0.3 is 0 Å². The smallest absolute Gasteiger partial charge is 0.299 e. The third-order valence-corrected chi connectivity index (χ3v) is 2.24. The highest BCUT2D eigenvalue weighted by molar-refractivity contribution is 5.81. The van der Waals surface area contributed by atoms with Crippen LogP contribution in [0.2, 0.25) is 0 Å². The zero-order valence-electron chi connectivity index (χ0n) is 8.16. The molecule has 0 saturated carbocycles. The van der Waals surface area contributed by atoms with Crippen molar-refractivity contribution in [2.24, 2.45) is 5.41 Å². The van der Waals surface area contributed by atoms with Gasteiger partial charge >= 0.3 is 6.18 Å². The van der Waals surface area contributed by atoms with Crippen molar-refractivity contribution in [3.8, 4) is 0 Å². The number of hydrogen-bond donors (Lipinski definition) is 0. The number of halogens is 3. The summed E-state index contributed by atoms with van der Waals surface area (Å²) in [7, 11) is 0. The van der Waals surface area contributed by atoms with Crippen LogP contribution in [0.3, 0.4) is 0 Å². The largest absolute Gasteiger partial charge is 0.390 e. The fourth-order valence-electron chi connectivity index (χ4n) is 1.38. The van der Waals surface area contributed by atoms with Gasteiger partial charge in [0.1, 0.15) is 5.78 Å². The molecule has 1 atom stereocenters. The van der Waals surface area contributed by atoms with Crippen LogP contribution in [0.1, 0.15) is 40.0 Å². The fourth-order valence-corrected chi connectivity index (χ4v) is 1.38. The monoisotopic (exact) mass is 196 g/mol. The first-order valence-electron chi connectivity index (χ1n) is 4.29. The summed E-state index contributed by atoms with van der Waals surface area (Å²) < 4.78 is 36.2. The normalized spacial score (nSPS) is 16.8. The number of carbonyl (C=O) groups is 1. The van der Waals surface area contributed by atoms with E-state index in [4.69, 9.17) is 0 Å². The van der Waals surface area contributed by atoms with Crippen molar-refractivity contribution in [2.45, 2.75) is 46.2 Å². The number of Topliss-reactive ketones (excluding diaryl/α,β-unsaturated/α-hetero) is 1. The van der Waals surface area contributed by atoms with Gasteiger partial charge in [-0.1, -0.05) is 20.3 Å². The van der Waals surface area contributed by atoms with E-state index in [0.29, 0.717) is 12.8 Å².